The minimum atomic E-state index is -0.169. The summed E-state index contributed by atoms with van der Waals surface area (Å²) in [5, 5.41) is 4.59. The number of para-hydroxylation sites is 1. The summed E-state index contributed by atoms with van der Waals surface area (Å²) in [6, 6.07) is 14.3. The topological polar surface area (TPSA) is 71.9 Å². The number of benzene rings is 2. The average molecular weight is 419 g/mol. The molecule has 2 aromatic carbocycles. The van der Waals surface area contributed by atoms with Gasteiger partial charge in [0, 0.05) is 44.7 Å². The Bertz CT molecular complexity index is 1190. The molecule has 0 spiro atoms. The molecule has 31 heavy (non-hydrogen) atoms. The largest absolute Gasteiger partial charge is 0.454 e. The molecule has 160 valence electrons. The molecule has 8 heteroatoms. The van der Waals surface area contributed by atoms with Gasteiger partial charge in [0.1, 0.15) is 5.82 Å². The van der Waals surface area contributed by atoms with Crippen LogP contribution in [0.5, 0.6) is 11.5 Å². The lowest BCUT2D eigenvalue weighted by Crippen LogP contribution is -2.49. The van der Waals surface area contributed by atoms with Gasteiger partial charge in [-0.2, -0.15) is 4.98 Å². The van der Waals surface area contributed by atoms with Gasteiger partial charge in [0.15, 0.2) is 11.5 Å². The SMILES string of the molecule is O=c1nc2ccccc2c2n1CC(CN1CCN(Cc3ccc4c(c3)OCO4)CC1)N2. The summed E-state index contributed by atoms with van der Waals surface area (Å²) in [5.41, 5.74) is 1.84. The molecule has 1 N–H and O–H groups in total. The minimum absolute atomic E-state index is 0.169. The molecule has 1 atom stereocenters. The fraction of sp³-hybridized carbons (Fsp3) is 0.391. The zero-order valence-electron chi connectivity index (χ0n) is 17.3. The van der Waals surface area contributed by atoms with Crippen LogP contribution in [0.15, 0.2) is 47.3 Å². The fourth-order valence-corrected chi connectivity index (χ4v) is 4.80. The Labute approximate surface area is 180 Å². The van der Waals surface area contributed by atoms with Gasteiger partial charge < -0.3 is 14.8 Å². The summed E-state index contributed by atoms with van der Waals surface area (Å²) in [4.78, 5) is 21.6. The average Bonchev–Trinajstić information content (AvgIpc) is 3.42. The zero-order chi connectivity index (χ0) is 20.8. The first-order valence-electron chi connectivity index (χ1n) is 10.8. The lowest BCUT2D eigenvalue weighted by molar-refractivity contribution is 0.123. The minimum Gasteiger partial charge on any atom is -0.454 e. The molecule has 1 fully saturated rings. The van der Waals surface area contributed by atoms with Crippen LogP contribution in [0, 0.1) is 0 Å². The molecule has 6 rings (SSSR count). The van der Waals surface area contributed by atoms with Gasteiger partial charge in [0.25, 0.3) is 0 Å². The number of piperazine rings is 1. The molecule has 0 radical (unpaired) electrons. The van der Waals surface area contributed by atoms with Crippen molar-refractivity contribution >= 4 is 16.7 Å². The summed E-state index contributed by atoms with van der Waals surface area (Å²) in [5.74, 6) is 2.59. The summed E-state index contributed by atoms with van der Waals surface area (Å²) >= 11 is 0. The molecule has 3 aliphatic rings. The fourth-order valence-electron chi connectivity index (χ4n) is 4.80. The predicted octanol–water partition coefficient (Wildman–Crippen LogP) is 1.74. The number of fused-ring (bicyclic) bond motifs is 4. The van der Waals surface area contributed by atoms with E-state index < -0.39 is 0 Å². The normalized spacial score (nSPS) is 20.7. The summed E-state index contributed by atoms with van der Waals surface area (Å²) in [6.45, 7) is 6.92. The van der Waals surface area contributed by atoms with E-state index in [2.05, 4.69) is 32.2 Å². The van der Waals surface area contributed by atoms with Crippen LogP contribution in [0.1, 0.15) is 5.56 Å². The second-order valence-electron chi connectivity index (χ2n) is 8.48. The maximum atomic E-state index is 12.4. The standard InChI is InChI=1S/C23H25N5O3/c29-23-25-19-4-2-1-3-18(19)22-24-17(14-28(22)23)13-27-9-7-26(8-10-27)12-16-5-6-20-21(11-16)31-15-30-20/h1-6,11,17,24H,7-10,12-15H2. The third-order valence-corrected chi connectivity index (χ3v) is 6.41. The molecule has 1 unspecified atom stereocenters. The molecule has 0 bridgehead atoms. The van der Waals surface area contributed by atoms with Gasteiger partial charge in [0.05, 0.1) is 18.1 Å². The Morgan fingerprint density at radius 3 is 2.71 bits per heavy atom. The number of ether oxygens (including phenoxy) is 2. The second-order valence-corrected chi connectivity index (χ2v) is 8.48. The summed E-state index contributed by atoms with van der Waals surface area (Å²) in [7, 11) is 0. The van der Waals surface area contributed by atoms with Gasteiger partial charge in [0.2, 0.25) is 6.79 Å². The monoisotopic (exact) mass is 419 g/mol. The Morgan fingerprint density at radius 1 is 1.00 bits per heavy atom. The van der Waals surface area contributed by atoms with Crippen LogP contribution in [0.2, 0.25) is 0 Å². The Balaban J connectivity index is 1.06. The van der Waals surface area contributed by atoms with Gasteiger partial charge in [-0.3, -0.25) is 14.4 Å². The van der Waals surface area contributed by atoms with Gasteiger partial charge in [-0.15, -0.1) is 0 Å². The van der Waals surface area contributed by atoms with Crippen molar-refractivity contribution in [3.8, 4) is 11.5 Å². The quantitative estimate of drug-likeness (QED) is 0.691. The molecule has 3 aromatic rings. The van der Waals surface area contributed by atoms with Gasteiger partial charge in [-0.05, 0) is 29.8 Å². The van der Waals surface area contributed by atoms with Gasteiger partial charge in [-0.25, -0.2) is 4.79 Å². The molecule has 0 aliphatic carbocycles. The van der Waals surface area contributed by atoms with Crippen LogP contribution in [0.3, 0.4) is 0 Å². The van der Waals surface area contributed by atoms with Crippen molar-refractivity contribution in [2.45, 2.75) is 19.1 Å². The Hall–Kier alpha value is -3.10. The van der Waals surface area contributed by atoms with Crippen molar-refractivity contribution in [3.05, 3.63) is 58.5 Å². The molecule has 0 saturated carbocycles. The van der Waals surface area contributed by atoms with Crippen molar-refractivity contribution in [1.82, 2.24) is 19.4 Å². The van der Waals surface area contributed by atoms with Crippen LogP contribution >= 0.6 is 0 Å². The van der Waals surface area contributed by atoms with E-state index in [4.69, 9.17) is 9.47 Å². The van der Waals surface area contributed by atoms with Crippen molar-refractivity contribution in [1.29, 1.82) is 0 Å². The number of rotatable bonds is 4. The third kappa shape index (κ3) is 3.51. The number of anilines is 1. The van der Waals surface area contributed by atoms with Gasteiger partial charge in [-0.1, -0.05) is 18.2 Å². The third-order valence-electron chi connectivity index (χ3n) is 6.41. The smallest absolute Gasteiger partial charge is 0.349 e. The van der Waals surface area contributed by atoms with E-state index in [0.29, 0.717) is 13.3 Å². The first kappa shape index (κ1) is 18.7. The highest BCUT2D eigenvalue weighted by molar-refractivity contribution is 5.89. The molecule has 8 nitrogen and oxygen atoms in total. The van der Waals surface area contributed by atoms with Crippen molar-refractivity contribution in [2.24, 2.45) is 0 Å². The van der Waals surface area contributed by atoms with E-state index in [9.17, 15) is 4.79 Å². The Kier molecular flexibility index (Phi) is 4.54. The second kappa shape index (κ2) is 7.55. The van der Waals surface area contributed by atoms with Crippen LogP contribution in [0.25, 0.3) is 10.9 Å². The highest BCUT2D eigenvalue weighted by Crippen LogP contribution is 2.33. The van der Waals surface area contributed by atoms with E-state index >= 15 is 0 Å². The van der Waals surface area contributed by atoms with Crippen LogP contribution in [-0.4, -0.2) is 64.9 Å². The van der Waals surface area contributed by atoms with Crippen molar-refractivity contribution in [2.75, 3.05) is 44.8 Å². The molecule has 1 aromatic heterocycles. The van der Waals surface area contributed by atoms with Gasteiger partial charge >= 0.3 is 5.69 Å². The highest BCUT2D eigenvalue weighted by Gasteiger charge is 2.27. The lowest BCUT2D eigenvalue weighted by Gasteiger charge is -2.35. The Morgan fingerprint density at radius 2 is 1.81 bits per heavy atom. The van der Waals surface area contributed by atoms with E-state index in [0.717, 1.165) is 67.5 Å². The van der Waals surface area contributed by atoms with Crippen LogP contribution in [0.4, 0.5) is 5.82 Å². The summed E-state index contributed by atoms with van der Waals surface area (Å²) < 4.78 is 12.7. The van der Waals surface area contributed by atoms with E-state index in [1.54, 1.807) is 4.57 Å². The number of nitrogens with one attached hydrogen (secondary N) is 1. The van der Waals surface area contributed by atoms with E-state index in [1.165, 1.54) is 5.56 Å². The molecule has 3 aliphatic heterocycles. The molecular formula is C23H25N5O3. The van der Waals surface area contributed by atoms with Crippen molar-refractivity contribution < 1.29 is 9.47 Å². The first-order valence-corrected chi connectivity index (χ1v) is 10.8. The maximum absolute atomic E-state index is 12.4. The lowest BCUT2D eigenvalue weighted by atomic mass is 10.1. The highest BCUT2D eigenvalue weighted by atomic mass is 16.7. The predicted molar refractivity (Wildman–Crippen MR) is 118 cm³/mol. The number of nitrogens with zero attached hydrogens (tertiary/aromatic N) is 4. The first-order chi connectivity index (χ1) is 15.2. The number of aromatic nitrogens is 2. The molecule has 1 saturated heterocycles. The maximum Gasteiger partial charge on any atom is 0.349 e. The van der Waals surface area contributed by atoms with Crippen LogP contribution < -0.4 is 20.5 Å². The van der Waals surface area contributed by atoms with Crippen LogP contribution in [-0.2, 0) is 13.1 Å². The van der Waals surface area contributed by atoms with E-state index in [1.807, 2.05) is 30.3 Å². The number of hydrogen-bond acceptors (Lipinski definition) is 7. The molecule has 4 heterocycles. The molecular weight excluding hydrogens is 394 g/mol. The molecule has 0 amide bonds. The van der Waals surface area contributed by atoms with E-state index in [-0.39, 0.29) is 11.7 Å². The number of hydrogen-bond donors (Lipinski definition) is 1. The van der Waals surface area contributed by atoms with Crippen molar-refractivity contribution in [3.63, 3.8) is 0 Å². The summed E-state index contributed by atoms with van der Waals surface area (Å²) in [6.07, 6.45) is 0. The zero-order valence-corrected chi connectivity index (χ0v) is 17.3.